The van der Waals surface area contributed by atoms with Gasteiger partial charge in [0.1, 0.15) is 5.82 Å². The summed E-state index contributed by atoms with van der Waals surface area (Å²) in [6, 6.07) is -0.521. The van der Waals surface area contributed by atoms with Crippen LogP contribution in [0.1, 0.15) is 25.7 Å². The average molecular weight is 362 g/mol. The van der Waals surface area contributed by atoms with E-state index in [4.69, 9.17) is 0 Å². The van der Waals surface area contributed by atoms with Gasteiger partial charge in [0.15, 0.2) is 16.9 Å². The summed E-state index contributed by atoms with van der Waals surface area (Å²) in [5, 5.41) is 0. The van der Waals surface area contributed by atoms with Gasteiger partial charge in [0, 0.05) is 40.3 Å². The van der Waals surface area contributed by atoms with E-state index in [9.17, 15) is 14.4 Å². The lowest BCUT2D eigenvalue weighted by Crippen LogP contribution is -2.44. The Kier molecular flexibility index (Phi) is 4.85. The standard InChI is InChI=1S/C17H26N6O3/c1-11(12(2)24)23-13(10-22-8-6-19(3)7-9-22)18-15-14(23)16(25)21(5)17(26)20(15)4/h11H,6-10H2,1-5H3/t11-/m0/s1. The first kappa shape index (κ1) is 18.5. The van der Waals surface area contributed by atoms with E-state index in [2.05, 4.69) is 21.8 Å². The monoisotopic (exact) mass is 362 g/mol. The van der Waals surface area contributed by atoms with Crippen molar-refractivity contribution < 1.29 is 4.79 Å². The van der Waals surface area contributed by atoms with Crippen LogP contribution in [0.25, 0.3) is 11.2 Å². The molecule has 3 rings (SSSR count). The van der Waals surface area contributed by atoms with E-state index in [0.29, 0.717) is 23.5 Å². The van der Waals surface area contributed by atoms with Gasteiger partial charge in [0.2, 0.25) is 0 Å². The van der Waals surface area contributed by atoms with Crippen LogP contribution in [0.2, 0.25) is 0 Å². The molecule has 0 N–H and O–H groups in total. The van der Waals surface area contributed by atoms with E-state index in [1.165, 1.54) is 18.5 Å². The number of carbonyl (C=O) groups excluding carboxylic acids is 1. The van der Waals surface area contributed by atoms with E-state index >= 15 is 0 Å². The first-order valence-corrected chi connectivity index (χ1v) is 8.80. The number of fused-ring (bicyclic) bond motifs is 1. The number of imidazole rings is 1. The van der Waals surface area contributed by atoms with Gasteiger partial charge < -0.3 is 9.47 Å². The Morgan fingerprint density at radius 1 is 1.08 bits per heavy atom. The molecule has 0 unspecified atom stereocenters. The number of piperazine rings is 1. The highest BCUT2D eigenvalue weighted by Crippen LogP contribution is 2.20. The van der Waals surface area contributed by atoms with Crippen LogP contribution >= 0.6 is 0 Å². The summed E-state index contributed by atoms with van der Waals surface area (Å²) in [6.07, 6.45) is 0. The molecule has 1 aliphatic rings. The van der Waals surface area contributed by atoms with Crippen molar-refractivity contribution in [3.63, 3.8) is 0 Å². The second-order valence-electron chi connectivity index (χ2n) is 7.14. The number of Topliss-reactive ketones (excluding diaryl/α,β-unsaturated/α-hetero) is 1. The number of ketones is 1. The minimum Gasteiger partial charge on any atom is -0.311 e. The molecule has 1 saturated heterocycles. The van der Waals surface area contributed by atoms with Crippen molar-refractivity contribution in [2.75, 3.05) is 33.2 Å². The zero-order valence-corrected chi connectivity index (χ0v) is 16.0. The maximum absolute atomic E-state index is 12.8. The highest BCUT2D eigenvalue weighted by Gasteiger charge is 2.26. The molecule has 9 nitrogen and oxygen atoms in total. The molecule has 142 valence electrons. The third-order valence-corrected chi connectivity index (χ3v) is 5.30. The van der Waals surface area contributed by atoms with Gasteiger partial charge in [-0.1, -0.05) is 0 Å². The minimum absolute atomic E-state index is 0.0557. The zero-order valence-electron chi connectivity index (χ0n) is 16.0. The first-order chi connectivity index (χ1) is 12.2. The van der Waals surface area contributed by atoms with Crippen LogP contribution in [0, 0.1) is 0 Å². The van der Waals surface area contributed by atoms with Crippen molar-refractivity contribution >= 4 is 16.9 Å². The SMILES string of the molecule is CC(=O)[C@H](C)n1c(CN2CCN(C)CC2)nc2c1c(=O)n(C)c(=O)n2C. The molecule has 26 heavy (non-hydrogen) atoms. The predicted octanol–water partition coefficient (Wildman–Crippen LogP) is -0.669. The fourth-order valence-electron chi connectivity index (χ4n) is 3.38. The van der Waals surface area contributed by atoms with Crippen LogP contribution in [0.3, 0.4) is 0 Å². The molecule has 2 aromatic rings. The van der Waals surface area contributed by atoms with Crippen molar-refractivity contribution in [1.82, 2.24) is 28.5 Å². The fourth-order valence-corrected chi connectivity index (χ4v) is 3.38. The van der Waals surface area contributed by atoms with Gasteiger partial charge in [0.25, 0.3) is 5.56 Å². The third kappa shape index (κ3) is 3.01. The van der Waals surface area contributed by atoms with E-state index in [1.54, 1.807) is 18.5 Å². The molecule has 0 radical (unpaired) electrons. The number of likely N-dealkylation sites (N-methyl/N-ethyl adjacent to an activating group) is 1. The number of carbonyl (C=O) groups is 1. The number of rotatable bonds is 4. The molecular formula is C17H26N6O3. The highest BCUT2D eigenvalue weighted by atomic mass is 16.2. The molecule has 0 amide bonds. The van der Waals surface area contributed by atoms with Crippen molar-refractivity contribution in [3.8, 4) is 0 Å². The summed E-state index contributed by atoms with van der Waals surface area (Å²) in [4.78, 5) is 46.2. The second-order valence-corrected chi connectivity index (χ2v) is 7.14. The van der Waals surface area contributed by atoms with Crippen LogP contribution in [0.15, 0.2) is 9.59 Å². The predicted molar refractivity (Wildman–Crippen MR) is 98.4 cm³/mol. The van der Waals surface area contributed by atoms with Crippen LogP contribution < -0.4 is 11.2 Å². The van der Waals surface area contributed by atoms with Crippen molar-refractivity contribution in [3.05, 3.63) is 26.7 Å². The summed E-state index contributed by atoms with van der Waals surface area (Å²) in [7, 11) is 5.13. The molecule has 1 atom stereocenters. The zero-order chi connectivity index (χ0) is 19.2. The molecule has 9 heteroatoms. The van der Waals surface area contributed by atoms with E-state index in [-0.39, 0.29) is 5.78 Å². The van der Waals surface area contributed by atoms with Crippen LogP contribution in [-0.4, -0.2) is 67.5 Å². The highest BCUT2D eigenvalue weighted by molar-refractivity contribution is 5.82. The molecular weight excluding hydrogens is 336 g/mol. The molecule has 0 aliphatic carbocycles. The van der Waals surface area contributed by atoms with Gasteiger partial charge in [-0.05, 0) is 20.9 Å². The summed E-state index contributed by atoms with van der Waals surface area (Å²) >= 11 is 0. The molecule has 1 fully saturated rings. The molecule has 0 bridgehead atoms. The number of hydrogen-bond donors (Lipinski definition) is 0. The van der Waals surface area contributed by atoms with Crippen molar-refractivity contribution in [2.45, 2.75) is 26.4 Å². The molecule has 1 aliphatic heterocycles. The summed E-state index contributed by atoms with van der Waals surface area (Å²) in [6.45, 7) is 7.52. The first-order valence-electron chi connectivity index (χ1n) is 8.80. The summed E-state index contributed by atoms with van der Waals surface area (Å²) < 4.78 is 4.14. The van der Waals surface area contributed by atoms with Crippen LogP contribution in [0.4, 0.5) is 0 Å². The second kappa shape index (κ2) is 6.81. The van der Waals surface area contributed by atoms with Gasteiger partial charge in [-0.3, -0.25) is 23.6 Å². The van der Waals surface area contributed by atoms with Crippen molar-refractivity contribution in [1.29, 1.82) is 0 Å². The van der Waals surface area contributed by atoms with Gasteiger partial charge >= 0.3 is 5.69 Å². The largest absolute Gasteiger partial charge is 0.332 e. The number of aryl methyl sites for hydroxylation is 1. The van der Waals surface area contributed by atoms with Gasteiger partial charge in [-0.15, -0.1) is 0 Å². The lowest BCUT2D eigenvalue weighted by molar-refractivity contribution is -0.119. The van der Waals surface area contributed by atoms with Gasteiger partial charge in [0.05, 0.1) is 12.6 Å². The topological polar surface area (TPSA) is 85.4 Å². The lowest BCUT2D eigenvalue weighted by atomic mass is 10.2. The van der Waals surface area contributed by atoms with Crippen LogP contribution in [0.5, 0.6) is 0 Å². The maximum Gasteiger partial charge on any atom is 0.332 e. The Morgan fingerprint density at radius 3 is 2.27 bits per heavy atom. The average Bonchev–Trinajstić information content (AvgIpc) is 2.98. The Balaban J connectivity index is 2.18. The van der Waals surface area contributed by atoms with E-state index in [1.807, 2.05) is 0 Å². The molecule has 3 heterocycles. The van der Waals surface area contributed by atoms with Crippen LogP contribution in [-0.2, 0) is 25.4 Å². The molecule has 0 spiro atoms. The van der Waals surface area contributed by atoms with Crippen molar-refractivity contribution in [2.24, 2.45) is 14.1 Å². The van der Waals surface area contributed by atoms with Gasteiger partial charge in [-0.25, -0.2) is 9.78 Å². The summed E-state index contributed by atoms with van der Waals surface area (Å²) in [5.41, 5.74) is -0.209. The molecule has 2 aromatic heterocycles. The Morgan fingerprint density at radius 2 is 1.69 bits per heavy atom. The maximum atomic E-state index is 12.8. The normalized spacial score (nSPS) is 17.7. The number of nitrogens with zero attached hydrogens (tertiary/aromatic N) is 6. The van der Waals surface area contributed by atoms with E-state index in [0.717, 1.165) is 30.7 Å². The van der Waals surface area contributed by atoms with Gasteiger partial charge in [-0.2, -0.15) is 0 Å². The molecule has 0 saturated carbocycles. The Labute approximate surface area is 151 Å². The summed E-state index contributed by atoms with van der Waals surface area (Å²) in [5.74, 6) is 0.588. The Hall–Kier alpha value is -2.26. The number of aromatic nitrogens is 4. The minimum atomic E-state index is -0.521. The Bertz CT molecular complexity index is 962. The molecule has 0 aromatic carbocycles. The quantitative estimate of drug-likeness (QED) is 0.717. The lowest BCUT2D eigenvalue weighted by Gasteiger charge is -2.32. The fraction of sp³-hybridized carbons (Fsp3) is 0.647. The number of hydrogen-bond acceptors (Lipinski definition) is 6. The van der Waals surface area contributed by atoms with E-state index < -0.39 is 17.3 Å². The smallest absolute Gasteiger partial charge is 0.311 e. The third-order valence-electron chi connectivity index (χ3n) is 5.30.